The second-order valence-corrected chi connectivity index (χ2v) is 7.64. The van der Waals surface area contributed by atoms with E-state index in [0.717, 1.165) is 6.26 Å². The third-order valence-electron chi connectivity index (χ3n) is 3.70. The van der Waals surface area contributed by atoms with Crippen LogP contribution in [-0.4, -0.2) is 63.2 Å². The van der Waals surface area contributed by atoms with Crippen molar-refractivity contribution in [2.45, 2.75) is 25.3 Å². The molecule has 0 aliphatic carbocycles. The minimum atomic E-state index is -3.29. The highest BCUT2D eigenvalue weighted by molar-refractivity contribution is 7.90. The van der Waals surface area contributed by atoms with Crippen LogP contribution in [0.4, 0.5) is 0 Å². The van der Waals surface area contributed by atoms with Gasteiger partial charge in [-0.3, -0.25) is 4.79 Å². The minimum Gasteiger partial charge on any atom is -0.480 e. The van der Waals surface area contributed by atoms with Gasteiger partial charge in [-0.05, 0) is 19.3 Å². The second-order valence-electron chi connectivity index (χ2n) is 5.38. The van der Waals surface area contributed by atoms with E-state index in [4.69, 9.17) is 15.6 Å². The van der Waals surface area contributed by atoms with Crippen LogP contribution in [0.2, 0.25) is 0 Å². The van der Waals surface area contributed by atoms with Crippen LogP contribution >= 0.6 is 0 Å². The van der Waals surface area contributed by atoms with E-state index in [1.807, 2.05) is 0 Å². The van der Waals surface area contributed by atoms with Crippen molar-refractivity contribution < 1.29 is 27.9 Å². The zero-order valence-corrected chi connectivity index (χ0v) is 12.8. The molecule has 1 aliphatic rings. The summed E-state index contributed by atoms with van der Waals surface area (Å²) in [5.41, 5.74) is 4.84. The first-order valence-electron chi connectivity index (χ1n) is 6.69. The summed E-state index contributed by atoms with van der Waals surface area (Å²) in [4.78, 5) is 23.5. The number of nitrogens with one attached hydrogen (secondary N) is 1. The van der Waals surface area contributed by atoms with E-state index in [9.17, 15) is 18.0 Å². The molecule has 122 valence electrons. The van der Waals surface area contributed by atoms with Crippen LogP contribution in [0.25, 0.3) is 0 Å². The Balaban J connectivity index is 2.73. The first-order valence-corrected chi connectivity index (χ1v) is 8.75. The monoisotopic (exact) mass is 322 g/mol. The summed E-state index contributed by atoms with van der Waals surface area (Å²) in [6.45, 7) is 0.887. The van der Waals surface area contributed by atoms with E-state index in [1.165, 1.54) is 0 Å². The number of ether oxygens (including phenoxy) is 1. The Bertz CT molecular complexity index is 484. The Labute approximate surface area is 123 Å². The van der Waals surface area contributed by atoms with Gasteiger partial charge in [0.1, 0.15) is 15.9 Å². The molecular weight excluding hydrogens is 300 g/mol. The van der Waals surface area contributed by atoms with E-state index >= 15 is 0 Å². The fraction of sp³-hybridized carbons (Fsp3) is 0.833. The van der Waals surface area contributed by atoms with Gasteiger partial charge in [0.25, 0.3) is 0 Å². The normalized spacial score (nSPS) is 19.7. The lowest BCUT2D eigenvalue weighted by Crippen LogP contribution is -2.53. The summed E-state index contributed by atoms with van der Waals surface area (Å²) < 4.78 is 27.4. The summed E-state index contributed by atoms with van der Waals surface area (Å²) >= 11 is 0. The Morgan fingerprint density at radius 3 is 2.38 bits per heavy atom. The maximum Gasteiger partial charge on any atom is 0.326 e. The van der Waals surface area contributed by atoms with E-state index in [2.05, 4.69) is 5.32 Å². The van der Waals surface area contributed by atoms with Gasteiger partial charge in [0, 0.05) is 26.0 Å². The number of hydrogen-bond donors (Lipinski definition) is 3. The molecule has 8 nitrogen and oxygen atoms in total. The number of carboxylic acids is 1. The van der Waals surface area contributed by atoms with Crippen molar-refractivity contribution in [3.05, 3.63) is 0 Å². The predicted molar refractivity (Wildman–Crippen MR) is 75.4 cm³/mol. The second kappa shape index (κ2) is 7.19. The number of rotatable bonds is 7. The molecule has 0 aromatic carbocycles. The molecule has 4 N–H and O–H groups in total. The highest BCUT2D eigenvalue weighted by Gasteiger charge is 2.40. The molecule has 1 fully saturated rings. The predicted octanol–water partition coefficient (Wildman–Crippen LogP) is -1.25. The molecule has 0 radical (unpaired) electrons. The standard InChI is InChI=1S/C12H22N2O6S/c1-21(18,19)7-2-9(10(15)16)14-11(17)12(8-13)3-5-20-6-4-12/h9H,2-8,13H2,1H3,(H,14,17)(H,15,16). The lowest BCUT2D eigenvalue weighted by atomic mass is 9.79. The molecule has 9 heteroatoms. The third kappa shape index (κ3) is 5.25. The number of aliphatic carboxylic acids is 1. The van der Waals surface area contributed by atoms with Gasteiger partial charge in [0.15, 0.2) is 0 Å². The van der Waals surface area contributed by atoms with Gasteiger partial charge in [-0.25, -0.2) is 13.2 Å². The summed E-state index contributed by atoms with van der Waals surface area (Å²) in [5.74, 6) is -2.01. The fourth-order valence-corrected chi connectivity index (χ4v) is 2.85. The smallest absolute Gasteiger partial charge is 0.326 e. The van der Waals surface area contributed by atoms with Gasteiger partial charge in [-0.1, -0.05) is 0 Å². The van der Waals surface area contributed by atoms with E-state index in [1.54, 1.807) is 0 Å². The highest BCUT2D eigenvalue weighted by atomic mass is 32.2. The lowest BCUT2D eigenvalue weighted by molar-refractivity contribution is -0.145. The zero-order valence-electron chi connectivity index (χ0n) is 12.0. The number of carbonyl (C=O) groups excluding carboxylic acids is 1. The maximum atomic E-state index is 12.3. The molecule has 21 heavy (non-hydrogen) atoms. The van der Waals surface area contributed by atoms with Crippen LogP contribution in [0.15, 0.2) is 0 Å². The molecule has 1 unspecified atom stereocenters. The van der Waals surface area contributed by atoms with Crippen LogP contribution < -0.4 is 11.1 Å². The van der Waals surface area contributed by atoms with Crippen LogP contribution in [0, 0.1) is 5.41 Å². The fourth-order valence-electron chi connectivity index (χ4n) is 2.19. The van der Waals surface area contributed by atoms with E-state index in [0.29, 0.717) is 26.1 Å². The topological polar surface area (TPSA) is 136 Å². The molecule has 0 saturated carbocycles. The van der Waals surface area contributed by atoms with Gasteiger partial charge in [0.2, 0.25) is 5.91 Å². The summed E-state index contributed by atoms with van der Waals surface area (Å²) in [7, 11) is -3.29. The largest absolute Gasteiger partial charge is 0.480 e. The van der Waals surface area contributed by atoms with Crippen LogP contribution in [0.5, 0.6) is 0 Å². The number of nitrogens with two attached hydrogens (primary N) is 1. The first-order chi connectivity index (χ1) is 9.70. The molecule has 0 bridgehead atoms. The van der Waals surface area contributed by atoms with Crippen LogP contribution in [0.1, 0.15) is 19.3 Å². The average Bonchev–Trinajstić information content (AvgIpc) is 2.42. The maximum absolute atomic E-state index is 12.3. The summed E-state index contributed by atoms with van der Waals surface area (Å²) in [5, 5.41) is 11.5. The van der Waals surface area contributed by atoms with Gasteiger partial charge in [-0.15, -0.1) is 0 Å². The third-order valence-corrected chi connectivity index (χ3v) is 4.68. The lowest BCUT2D eigenvalue weighted by Gasteiger charge is -2.35. The van der Waals surface area contributed by atoms with Crippen molar-refractivity contribution in [1.82, 2.24) is 5.32 Å². The van der Waals surface area contributed by atoms with E-state index in [-0.39, 0.29) is 18.7 Å². The minimum absolute atomic E-state index is 0.0978. The van der Waals surface area contributed by atoms with Gasteiger partial charge >= 0.3 is 5.97 Å². The Morgan fingerprint density at radius 2 is 1.95 bits per heavy atom. The van der Waals surface area contributed by atoms with E-state index < -0.39 is 33.2 Å². The molecule has 0 aromatic heterocycles. The van der Waals surface area contributed by atoms with Crippen LogP contribution in [0.3, 0.4) is 0 Å². The molecule has 1 aliphatic heterocycles. The number of carbonyl (C=O) groups is 2. The summed E-state index contributed by atoms with van der Waals surface area (Å²) in [6.07, 6.45) is 1.70. The quantitative estimate of drug-likeness (QED) is 0.532. The van der Waals surface area contributed by atoms with Crippen molar-refractivity contribution in [2.24, 2.45) is 11.1 Å². The summed E-state index contributed by atoms with van der Waals surface area (Å²) in [6, 6.07) is -1.24. The molecule has 0 aromatic rings. The number of sulfone groups is 1. The zero-order chi connectivity index (χ0) is 16.1. The Kier molecular flexibility index (Phi) is 6.11. The first kappa shape index (κ1) is 17.9. The Hall–Kier alpha value is -1.19. The molecule has 1 atom stereocenters. The number of amides is 1. The van der Waals surface area contributed by atoms with Gasteiger partial charge in [-0.2, -0.15) is 0 Å². The van der Waals surface area contributed by atoms with Crippen molar-refractivity contribution in [1.29, 1.82) is 0 Å². The van der Waals surface area contributed by atoms with Crippen molar-refractivity contribution >= 4 is 21.7 Å². The number of carboxylic acid groups (broad SMARTS) is 1. The number of hydrogen-bond acceptors (Lipinski definition) is 6. The molecular formula is C12H22N2O6S. The Morgan fingerprint density at radius 1 is 1.38 bits per heavy atom. The van der Waals surface area contributed by atoms with Crippen molar-refractivity contribution in [3.63, 3.8) is 0 Å². The van der Waals surface area contributed by atoms with Crippen molar-refractivity contribution in [2.75, 3.05) is 31.8 Å². The SMILES string of the molecule is CS(=O)(=O)CCC(NC(=O)C1(CN)CCOCC1)C(=O)O. The molecule has 0 spiro atoms. The molecule has 1 saturated heterocycles. The highest BCUT2D eigenvalue weighted by Crippen LogP contribution is 2.29. The molecule has 1 rings (SSSR count). The van der Waals surface area contributed by atoms with Gasteiger partial charge in [0.05, 0.1) is 11.2 Å². The molecule has 1 heterocycles. The van der Waals surface area contributed by atoms with Crippen LogP contribution in [-0.2, 0) is 24.2 Å². The molecule has 1 amide bonds. The van der Waals surface area contributed by atoms with Crippen molar-refractivity contribution in [3.8, 4) is 0 Å². The van der Waals surface area contributed by atoms with Gasteiger partial charge < -0.3 is 20.9 Å². The average molecular weight is 322 g/mol.